The molecule has 88 valence electrons. The predicted molar refractivity (Wildman–Crippen MR) is 58.6 cm³/mol. The highest BCUT2D eigenvalue weighted by Crippen LogP contribution is 2.55. The summed E-state index contributed by atoms with van der Waals surface area (Å²) in [6, 6.07) is 0. The minimum Gasteiger partial charge on any atom is -0.461 e. The second kappa shape index (κ2) is 4.12. The third-order valence-corrected chi connectivity index (χ3v) is 3.38. The summed E-state index contributed by atoms with van der Waals surface area (Å²) in [6.07, 6.45) is 2.35. The van der Waals surface area contributed by atoms with Crippen LogP contribution in [0.15, 0.2) is 0 Å². The van der Waals surface area contributed by atoms with Crippen molar-refractivity contribution in [1.82, 2.24) is 0 Å². The van der Waals surface area contributed by atoms with E-state index in [0.717, 1.165) is 12.8 Å². The van der Waals surface area contributed by atoms with Gasteiger partial charge in [0.2, 0.25) is 0 Å². The largest absolute Gasteiger partial charge is 0.461 e. The summed E-state index contributed by atoms with van der Waals surface area (Å²) in [6.45, 7) is 9.83. The van der Waals surface area contributed by atoms with E-state index in [1.807, 2.05) is 20.8 Å². The molecule has 15 heavy (non-hydrogen) atoms. The summed E-state index contributed by atoms with van der Waals surface area (Å²) >= 11 is 0. The van der Waals surface area contributed by atoms with Crippen molar-refractivity contribution in [3.63, 3.8) is 0 Å². The molecule has 1 aliphatic rings. The molecule has 0 radical (unpaired) electrons. The van der Waals surface area contributed by atoms with Crippen molar-refractivity contribution in [2.45, 2.75) is 71.2 Å². The van der Waals surface area contributed by atoms with Crippen molar-refractivity contribution >= 4 is 5.97 Å². The first-order chi connectivity index (χ1) is 6.98. The molecule has 0 amide bonds. The fourth-order valence-electron chi connectivity index (χ4n) is 2.35. The zero-order valence-corrected chi connectivity index (χ0v) is 10.4. The number of epoxide rings is 1. The van der Waals surface area contributed by atoms with Crippen LogP contribution in [0.5, 0.6) is 0 Å². The first-order valence-corrected chi connectivity index (χ1v) is 5.89. The molecule has 0 bridgehead atoms. The van der Waals surface area contributed by atoms with Gasteiger partial charge in [-0.15, -0.1) is 0 Å². The molecule has 0 aliphatic carbocycles. The number of hydrogen-bond acceptors (Lipinski definition) is 3. The van der Waals surface area contributed by atoms with E-state index in [2.05, 4.69) is 13.8 Å². The SMILES string of the molecule is CCC1(CC)OC1(CC)C(=O)OC(C)C. The molecule has 1 unspecified atom stereocenters. The maximum Gasteiger partial charge on any atom is 0.341 e. The number of carbonyl (C=O) groups is 1. The highest BCUT2D eigenvalue weighted by molar-refractivity contribution is 5.85. The van der Waals surface area contributed by atoms with Gasteiger partial charge in [0.15, 0.2) is 5.60 Å². The summed E-state index contributed by atoms with van der Waals surface area (Å²) < 4.78 is 11.0. The van der Waals surface area contributed by atoms with Gasteiger partial charge in [-0.2, -0.15) is 0 Å². The van der Waals surface area contributed by atoms with Crippen molar-refractivity contribution in [2.75, 3.05) is 0 Å². The molecule has 1 saturated heterocycles. The maximum absolute atomic E-state index is 12.0. The van der Waals surface area contributed by atoms with Crippen LogP contribution in [0.3, 0.4) is 0 Å². The van der Waals surface area contributed by atoms with E-state index in [-0.39, 0.29) is 17.7 Å². The molecule has 0 aromatic rings. The van der Waals surface area contributed by atoms with E-state index >= 15 is 0 Å². The summed E-state index contributed by atoms with van der Waals surface area (Å²) in [5, 5.41) is 0. The topological polar surface area (TPSA) is 38.8 Å². The molecule has 0 spiro atoms. The second-order valence-corrected chi connectivity index (χ2v) is 4.44. The first kappa shape index (κ1) is 12.5. The average molecular weight is 214 g/mol. The molecule has 0 aromatic heterocycles. The lowest BCUT2D eigenvalue weighted by molar-refractivity contribution is -0.154. The van der Waals surface area contributed by atoms with Crippen LogP contribution in [0.25, 0.3) is 0 Å². The standard InChI is InChI=1S/C12H22O3/c1-6-11(7-2)12(8-3,15-11)10(13)14-9(4)5/h9H,6-8H2,1-5H3. The van der Waals surface area contributed by atoms with Crippen LogP contribution in [0.2, 0.25) is 0 Å². The lowest BCUT2D eigenvalue weighted by Crippen LogP contribution is -2.36. The van der Waals surface area contributed by atoms with Crippen molar-refractivity contribution in [2.24, 2.45) is 0 Å². The Hall–Kier alpha value is -0.570. The quantitative estimate of drug-likeness (QED) is 0.521. The third-order valence-electron chi connectivity index (χ3n) is 3.38. The average Bonchev–Trinajstić information content (AvgIpc) is 2.87. The van der Waals surface area contributed by atoms with Crippen LogP contribution < -0.4 is 0 Å². The number of carbonyl (C=O) groups excluding carboxylic acids is 1. The summed E-state index contributed by atoms with van der Waals surface area (Å²) in [4.78, 5) is 12.0. The van der Waals surface area contributed by atoms with E-state index in [1.54, 1.807) is 0 Å². The van der Waals surface area contributed by atoms with Crippen LogP contribution in [0.1, 0.15) is 53.9 Å². The number of ether oxygens (including phenoxy) is 2. The third kappa shape index (κ3) is 1.78. The van der Waals surface area contributed by atoms with Gasteiger partial charge < -0.3 is 9.47 Å². The molecule has 1 aliphatic heterocycles. The molecule has 1 atom stereocenters. The fraction of sp³-hybridized carbons (Fsp3) is 0.917. The molecule has 1 rings (SSSR count). The van der Waals surface area contributed by atoms with Gasteiger partial charge in [-0.3, -0.25) is 0 Å². The van der Waals surface area contributed by atoms with Crippen LogP contribution >= 0.6 is 0 Å². The van der Waals surface area contributed by atoms with Crippen LogP contribution in [-0.4, -0.2) is 23.3 Å². The van der Waals surface area contributed by atoms with E-state index in [1.165, 1.54) is 0 Å². The van der Waals surface area contributed by atoms with Crippen molar-refractivity contribution in [3.05, 3.63) is 0 Å². The normalized spacial score (nSPS) is 27.9. The first-order valence-electron chi connectivity index (χ1n) is 5.89. The highest BCUT2D eigenvalue weighted by Gasteiger charge is 2.72. The molecule has 3 nitrogen and oxygen atoms in total. The molecular weight excluding hydrogens is 192 g/mol. The van der Waals surface area contributed by atoms with Crippen molar-refractivity contribution < 1.29 is 14.3 Å². The predicted octanol–water partition coefficient (Wildman–Crippen LogP) is 2.68. The van der Waals surface area contributed by atoms with E-state index in [9.17, 15) is 4.79 Å². The lowest BCUT2D eigenvalue weighted by Gasteiger charge is -2.17. The fourth-order valence-corrected chi connectivity index (χ4v) is 2.35. The van der Waals surface area contributed by atoms with E-state index in [0.29, 0.717) is 6.42 Å². The Bertz CT molecular complexity index is 243. The van der Waals surface area contributed by atoms with Crippen LogP contribution in [0.4, 0.5) is 0 Å². The Labute approximate surface area is 92.1 Å². The molecule has 0 saturated carbocycles. The maximum atomic E-state index is 12.0. The number of hydrogen-bond donors (Lipinski definition) is 0. The Morgan fingerprint density at radius 3 is 2.00 bits per heavy atom. The highest BCUT2D eigenvalue weighted by atomic mass is 16.7. The minimum atomic E-state index is -0.666. The van der Waals surface area contributed by atoms with Gasteiger partial charge in [-0.1, -0.05) is 20.8 Å². The van der Waals surface area contributed by atoms with Gasteiger partial charge in [0.05, 0.1) is 6.10 Å². The Balaban J connectivity index is 2.77. The summed E-state index contributed by atoms with van der Waals surface area (Å²) in [5.74, 6) is -0.191. The van der Waals surface area contributed by atoms with Crippen molar-refractivity contribution in [1.29, 1.82) is 0 Å². The molecule has 0 aromatic carbocycles. The Morgan fingerprint density at radius 2 is 1.73 bits per heavy atom. The zero-order chi connectivity index (χ0) is 11.7. The molecule has 1 fully saturated rings. The van der Waals surface area contributed by atoms with Gasteiger partial charge in [0, 0.05) is 0 Å². The number of esters is 1. The van der Waals surface area contributed by atoms with Gasteiger partial charge in [-0.25, -0.2) is 4.79 Å². The smallest absolute Gasteiger partial charge is 0.341 e. The monoisotopic (exact) mass is 214 g/mol. The van der Waals surface area contributed by atoms with Gasteiger partial charge >= 0.3 is 5.97 Å². The van der Waals surface area contributed by atoms with Crippen molar-refractivity contribution in [3.8, 4) is 0 Å². The molecular formula is C12H22O3. The zero-order valence-electron chi connectivity index (χ0n) is 10.4. The van der Waals surface area contributed by atoms with Gasteiger partial charge in [0.1, 0.15) is 5.60 Å². The molecule has 0 N–H and O–H groups in total. The van der Waals surface area contributed by atoms with Gasteiger partial charge in [-0.05, 0) is 33.1 Å². The Morgan fingerprint density at radius 1 is 1.20 bits per heavy atom. The van der Waals surface area contributed by atoms with E-state index in [4.69, 9.17) is 9.47 Å². The summed E-state index contributed by atoms with van der Waals surface area (Å²) in [5.41, 5.74) is -0.936. The van der Waals surface area contributed by atoms with Crippen LogP contribution in [0, 0.1) is 0 Å². The summed E-state index contributed by atoms with van der Waals surface area (Å²) in [7, 11) is 0. The van der Waals surface area contributed by atoms with Crippen LogP contribution in [-0.2, 0) is 14.3 Å². The Kier molecular flexibility index (Phi) is 3.44. The van der Waals surface area contributed by atoms with Gasteiger partial charge in [0.25, 0.3) is 0 Å². The molecule has 3 heteroatoms. The second-order valence-electron chi connectivity index (χ2n) is 4.44. The number of rotatable bonds is 5. The molecule has 1 heterocycles. The minimum absolute atomic E-state index is 0.0727. The lowest BCUT2D eigenvalue weighted by atomic mass is 9.86. The van der Waals surface area contributed by atoms with E-state index < -0.39 is 5.60 Å².